The van der Waals surface area contributed by atoms with Crippen LogP contribution in [-0.2, 0) is 4.74 Å². The summed E-state index contributed by atoms with van der Waals surface area (Å²) in [5.41, 5.74) is 6.29. The van der Waals surface area contributed by atoms with Gasteiger partial charge in [-0.1, -0.05) is 27.7 Å². The maximum Gasteiger partial charge on any atom is 0.0617 e. The van der Waals surface area contributed by atoms with E-state index >= 15 is 0 Å². The lowest BCUT2D eigenvalue weighted by Gasteiger charge is -2.20. The molecule has 2 heteroatoms. The van der Waals surface area contributed by atoms with Crippen molar-refractivity contribution in [2.45, 2.75) is 53.0 Å². The molecule has 0 aromatic heterocycles. The largest absolute Gasteiger partial charge is 0.380 e. The highest BCUT2D eigenvalue weighted by Crippen LogP contribution is 2.21. The summed E-state index contributed by atoms with van der Waals surface area (Å²) in [5.74, 6) is 0. The van der Waals surface area contributed by atoms with E-state index < -0.39 is 0 Å². The highest BCUT2D eigenvalue weighted by Gasteiger charge is 2.12. The Balaban J connectivity index is 3.35. The molecule has 13 heavy (non-hydrogen) atoms. The molecule has 0 aliphatic carbocycles. The molecule has 0 heterocycles. The van der Waals surface area contributed by atoms with E-state index in [9.17, 15) is 0 Å². The summed E-state index contributed by atoms with van der Waals surface area (Å²) >= 11 is 0. The van der Waals surface area contributed by atoms with Crippen LogP contribution in [0.25, 0.3) is 0 Å². The van der Waals surface area contributed by atoms with Crippen LogP contribution < -0.4 is 5.73 Å². The molecular weight excluding hydrogens is 162 g/mol. The fourth-order valence-electron chi connectivity index (χ4n) is 1.08. The smallest absolute Gasteiger partial charge is 0.0617 e. The van der Waals surface area contributed by atoms with E-state index in [0.717, 1.165) is 19.4 Å². The molecule has 2 N–H and O–H groups in total. The molecule has 0 bridgehead atoms. The third-order valence-corrected chi connectivity index (χ3v) is 1.95. The first-order chi connectivity index (χ1) is 5.95. The van der Waals surface area contributed by atoms with E-state index in [4.69, 9.17) is 10.5 Å². The van der Waals surface area contributed by atoms with Gasteiger partial charge in [0, 0.05) is 12.6 Å². The van der Waals surface area contributed by atoms with E-state index in [-0.39, 0.29) is 6.04 Å². The predicted molar refractivity (Wildman–Crippen MR) is 57.8 cm³/mol. The van der Waals surface area contributed by atoms with Crippen molar-refractivity contribution in [1.82, 2.24) is 0 Å². The van der Waals surface area contributed by atoms with Gasteiger partial charge in [0.15, 0.2) is 0 Å². The average molecular weight is 187 g/mol. The third-order valence-electron chi connectivity index (χ3n) is 1.95. The van der Waals surface area contributed by atoms with Crippen molar-refractivity contribution in [3.8, 4) is 0 Å². The maximum atomic E-state index is 5.90. The molecule has 0 saturated heterocycles. The lowest BCUT2D eigenvalue weighted by Crippen LogP contribution is -2.27. The quantitative estimate of drug-likeness (QED) is 0.649. The Morgan fingerprint density at radius 3 is 2.38 bits per heavy atom. The van der Waals surface area contributed by atoms with Gasteiger partial charge in [0.05, 0.1) is 6.61 Å². The summed E-state index contributed by atoms with van der Waals surface area (Å²) in [4.78, 5) is 0. The minimum absolute atomic E-state index is 0.214. The van der Waals surface area contributed by atoms with Crippen LogP contribution in [0.1, 0.15) is 47.0 Å². The molecule has 0 aromatic carbocycles. The van der Waals surface area contributed by atoms with Gasteiger partial charge in [-0.3, -0.25) is 0 Å². The van der Waals surface area contributed by atoms with Crippen molar-refractivity contribution in [1.29, 1.82) is 0 Å². The van der Waals surface area contributed by atoms with Crippen molar-refractivity contribution in [3.05, 3.63) is 0 Å². The second-order valence-corrected chi connectivity index (χ2v) is 4.93. The van der Waals surface area contributed by atoms with E-state index in [1.165, 1.54) is 6.42 Å². The van der Waals surface area contributed by atoms with Crippen LogP contribution in [0, 0.1) is 5.41 Å². The molecule has 0 aromatic rings. The average Bonchev–Trinajstić information content (AvgIpc) is 2.00. The normalized spacial score (nSPS) is 14.5. The van der Waals surface area contributed by atoms with Crippen LogP contribution in [-0.4, -0.2) is 19.3 Å². The number of nitrogens with two attached hydrogens (primary N) is 1. The van der Waals surface area contributed by atoms with Gasteiger partial charge in [-0.2, -0.15) is 0 Å². The minimum atomic E-state index is 0.214. The Kier molecular flexibility index (Phi) is 6.35. The van der Waals surface area contributed by atoms with Gasteiger partial charge in [0.25, 0.3) is 0 Å². The van der Waals surface area contributed by atoms with Crippen LogP contribution in [0.5, 0.6) is 0 Å². The first-order valence-corrected chi connectivity index (χ1v) is 5.29. The Hall–Kier alpha value is -0.0800. The molecule has 0 amide bonds. The number of hydrogen-bond donors (Lipinski definition) is 1. The van der Waals surface area contributed by atoms with E-state index in [2.05, 4.69) is 27.7 Å². The Bertz CT molecular complexity index is 118. The first kappa shape index (κ1) is 12.9. The second kappa shape index (κ2) is 6.39. The Morgan fingerprint density at radius 2 is 1.92 bits per heavy atom. The molecule has 1 atom stereocenters. The zero-order valence-electron chi connectivity index (χ0n) is 9.60. The minimum Gasteiger partial charge on any atom is -0.380 e. The van der Waals surface area contributed by atoms with Crippen LogP contribution in [0.2, 0.25) is 0 Å². The number of ether oxygens (including phenoxy) is 1. The maximum absolute atomic E-state index is 5.90. The van der Waals surface area contributed by atoms with Crippen molar-refractivity contribution >= 4 is 0 Å². The van der Waals surface area contributed by atoms with Gasteiger partial charge < -0.3 is 10.5 Å². The van der Waals surface area contributed by atoms with E-state index in [0.29, 0.717) is 12.0 Å². The SMILES string of the molecule is CCCOCC(N)CCC(C)(C)C. The first-order valence-electron chi connectivity index (χ1n) is 5.29. The molecule has 0 aliphatic rings. The molecule has 0 radical (unpaired) electrons. The van der Waals surface area contributed by atoms with Crippen LogP contribution in [0.15, 0.2) is 0 Å². The monoisotopic (exact) mass is 187 g/mol. The standard InChI is InChI=1S/C11H25NO/c1-5-8-13-9-10(12)6-7-11(2,3)4/h10H,5-9,12H2,1-4H3. The summed E-state index contributed by atoms with van der Waals surface area (Å²) in [5, 5.41) is 0. The molecule has 1 unspecified atom stereocenters. The molecule has 80 valence electrons. The highest BCUT2D eigenvalue weighted by atomic mass is 16.5. The Morgan fingerprint density at radius 1 is 1.31 bits per heavy atom. The van der Waals surface area contributed by atoms with Gasteiger partial charge in [-0.05, 0) is 24.7 Å². The van der Waals surface area contributed by atoms with Gasteiger partial charge in [0.2, 0.25) is 0 Å². The summed E-state index contributed by atoms with van der Waals surface area (Å²) in [6.45, 7) is 10.4. The predicted octanol–water partition coefficient (Wildman–Crippen LogP) is 2.57. The zero-order valence-corrected chi connectivity index (χ0v) is 9.60. The van der Waals surface area contributed by atoms with Crippen LogP contribution in [0.4, 0.5) is 0 Å². The van der Waals surface area contributed by atoms with Crippen molar-refractivity contribution in [3.63, 3.8) is 0 Å². The summed E-state index contributed by atoms with van der Waals surface area (Å²) in [6, 6.07) is 0.214. The molecule has 0 saturated carbocycles. The van der Waals surface area contributed by atoms with Gasteiger partial charge in [-0.25, -0.2) is 0 Å². The Labute approximate surface area is 82.8 Å². The summed E-state index contributed by atoms with van der Waals surface area (Å²) in [7, 11) is 0. The lowest BCUT2D eigenvalue weighted by atomic mass is 9.89. The fourth-order valence-corrected chi connectivity index (χ4v) is 1.08. The molecule has 0 rings (SSSR count). The highest BCUT2D eigenvalue weighted by molar-refractivity contribution is 4.67. The molecule has 0 fully saturated rings. The number of hydrogen-bond acceptors (Lipinski definition) is 2. The van der Waals surface area contributed by atoms with Gasteiger partial charge in [0.1, 0.15) is 0 Å². The summed E-state index contributed by atoms with van der Waals surface area (Å²) < 4.78 is 5.38. The molecular formula is C11H25NO. The topological polar surface area (TPSA) is 35.2 Å². The van der Waals surface area contributed by atoms with E-state index in [1.54, 1.807) is 0 Å². The molecule has 0 spiro atoms. The summed E-state index contributed by atoms with van der Waals surface area (Å²) in [6.07, 6.45) is 3.31. The van der Waals surface area contributed by atoms with Crippen molar-refractivity contribution in [2.24, 2.45) is 11.1 Å². The van der Waals surface area contributed by atoms with Gasteiger partial charge >= 0.3 is 0 Å². The third kappa shape index (κ3) is 9.84. The van der Waals surface area contributed by atoms with Crippen molar-refractivity contribution < 1.29 is 4.74 Å². The number of rotatable bonds is 6. The molecule has 0 aliphatic heterocycles. The van der Waals surface area contributed by atoms with Crippen LogP contribution >= 0.6 is 0 Å². The zero-order chi connectivity index (χ0) is 10.3. The molecule has 2 nitrogen and oxygen atoms in total. The van der Waals surface area contributed by atoms with Crippen molar-refractivity contribution in [2.75, 3.05) is 13.2 Å². The second-order valence-electron chi connectivity index (χ2n) is 4.93. The fraction of sp³-hybridized carbons (Fsp3) is 1.00. The van der Waals surface area contributed by atoms with E-state index in [1.807, 2.05) is 0 Å². The van der Waals surface area contributed by atoms with Gasteiger partial charge in [-0.15, -0.1) is 0 Å². The lowest BCUT2D eigenvalue weighted by molar-refractivity contribution is 0.116. The van der Waals surface area contributed by atoms with Crippen LogP contribution in [0.3, 0.4) is 0 Å².